The van der Waals surface area contributed by atoms with Crippen molar-refractivity contribution in [1.29, 1.82) is 0 Å². The third kappa shape index (κ3) is 4.86. The van der Waals surface area contributed by atoms with E-state index >= 15 is 0 Å². The molecule has 1 rings (SSSR count). The van der Waals surface area contributed by atoms with Gasteiger partial charge in [-0.1, -0.05) is 37.6 Å². The van der Waals surface area contributed by atoms with Gasteiger partial charge in [0.1, 0.15) is 0 Å². The molecule has 0 atom stereocenters. The predicted molar refractivity (Wildman–Crippen MR) is 54.5 cm³/mol. The van der Waals surface area contributed by atoms with Gasteiger partial charge in [0.15, 0.2) is 0 Å². The summed E-state index contributed by atoms with van der Waals surface area (Å²) in [6.07, 6.45) is -2.25. The summed E-state index contributed by atoms with van der Waals surface area (Å²) in [5.41, 5.74) is 1.39. The molecule has 0 unspecified atom stereocenters. The summed E-state index contributed by atoms with van der Waals surface area (Å²) in [5.74, 6) is 0. The first-order valence-corrected chi connectivity index (χ1v) is 4.95. The van der Waals surface area contributed by atoms with Crippen LogP contribution in [0.3, 0.4) is 0 Å². The first-order chi connectivity index (χ1) is 7.01. The minimum Gasteiger partial charge on any atom is -0.171 e. The van der Waals surface area contributed by atoms with Gasteiger partial charge in [-0.25, -0.2) is 0 Å². The van der Waals surface area contributed by atoms with Crippen molar-refractivity contribution in [3.63, 3.8) is 0 Å². The number of aryl methyl sites for hydroxylation is 1. The Bertz CT molecular complexity index is 285. The lowest BCUT2D eigenvalue weighted by Crippen LogP contribution is -2.11. The molecule has 0 aliphatic rings. The van der Waals surface area contributed by atoms with Gasteiger partial charge >= 0.3 is 6.18 Å². The molecule has 0 aliphatic carbocycles. The highest BCUT2D eigenvalue weighted by Gasteiger charge is 2.27. The van der Waals surface area contributed by atoms with E-state index in [1.807, 2.05) is 0 Å². The largest absolute Gasteiger partial charge is 0.393 e. The molecule has 0 spiro atoms. The molecule has 3 heteroatoms. The van der Waals surface area contributed by atoms with E-state index in [1.165, 1.54) is 0 Å². The molecule has 0 N–H and O–H groups in total. The van der Waals surface area contributed by atoms with Crippen LogP contribution in [-0.4, -0.2) is 6.18 Å². The molecule has 83 valence electrons. The highest BCUT2D eigenvalue weighted by molar-refractivity contribution is 5.23. The third-order valence-electron chi connectivity index (χ3n) is 2.14. The minimum atomic E-state index is -4.12. The van der Waals surface area contributed by atoms with Crippen molar-refractivity contribution in [2.75, 3.05) is 0 Å². The zero-order valence-corrected chi connectivity index (χ0v) is 8.48. The van der Waals surface area contributed by atoms with Gasteiger partial charge in [-0.05, 0) is 24.0 Å². The number of hydrogen-bond acceptors (Lipinski definition) is 0. The van der Waals surface area contributed by atoms with Crippen molar-refractivity contribution in [2.45, 2.75) is 31.9 Å². The molecule has 0 aliphatic heterocycles. The van der Waals surface area contributed by atoms with E-state index in [0.29, 0.717) is 5.56 Å². The molecule has 1 radical (unpaired) electrons. The van der Waals surface area contributed by atoms with E-state index in [2.05, 4.69) is 6.92 Å². The summed E-state index contributed by atoms with van der Waals surface area (Å²) in [7, 11) is 0. The Labute approximate surface area is 88.1 Å². The van der Waals surface area contributed by atoms with Crippen LogP contribution < -0.4 is 0 Å². The Hall–Kier alpha value is -0.990. The maximum atomic E-state index is 12.0. The molecule has 0 bridgehead atoms. The number of alkyl halides is 3. The lowest BCUT2D eigenvalue weighted by Gasteiger charge is -2.07. The molecule has 0 fully saturated rings. The molecule has 0 nitrogen and oxygen atoms in total. The van der Waals surface area contributed by atoms with Crippen molar-refractivity contribution in [1.82, 2.24) is 0 Å². The van der Waals surface area contributed by atoms with E-state index in [9.17, 15) is 13.2 Å². The fourth-order valence-corrected chi connectivity index (χ4v) is 1.38. The lowest BCUT2D eigenvalue weighted by molar-refractivity contribution is -0.127. The summed E-state index contributed by atoms with van der Waals surface area (Å²) in [6, 6.07) is 6.62. The highest BCUT2D eigenvalue weighted by atomic mass is 19.4. The van der Waals surface area contributed by atoms with Gasteiger partial charge in [0.25, 0.3) is 0 Å². The average molecular weight is 215 g/mol. The van der Waals surface area contributed by atoms with E-state index in [1.54, 1.807) is 24.3 Å². The van der Waals surface area contributed by atoms with Crippen molar-refractivity contribution >= 4 is 0 Å². The molecule has 1 aromatic carbocycles. The Kier molecular flexibility index (Phi) is 4.18. The molecule has 0 aromatic heterocycles. The van der Waals surface area contributed by atoms with Crippen LogP contribution in [0.4, 0.5) is 13.2 Å². The van der Waals surface area contributed by atoms with Gasteiger partial charge in [0.05, 0.1) is 6.42 Å². The van der Waals surface area contributed by atoms with Gasteiger partial charge in [-0.3, -0.25) is 0 Å². The Morgan fingerprint density at radius 1 is 1.00 bits per heavy atom. The summed E-state index contributed by atoms with van der Waals surface area (Å²) >= 11 is 0. The van der Waals surface area contributed by atoms with Crippen LogP contribution in [0.5, 0.6) is 0 Å². The molecule has 0 heterocycles. The fraction of sp³-hybridized carbons (Fsp3) is 0.417. The number of hydrogen-bond donors (Lipinski definition) is 0. The van der Waals surface area contributed by atoms with E-state index in [4.69, 9.17) is 0 Å². The van der Waals surface area contributed by atoms with Crippen molar-refractivity contribution < 1.29 is 13.2 Å². The zero-order valence-electron chi connectivity index (χ0n) is 8.48. The van der Waals surface area contributed by atoms with E-state index in [0.717, 1.165) is 24.8 Å². The van der Waals surface area contributed by atoms with Gasteiger partial charge in [-0.15, -0.1) is 0 Å². The first-order valence-electron chi connectivity index (χ1n) is 4.95. The van der Waals surface area contributed by atoms with Crippen LogP contribution in [0.2, 0.25) is 0 Å². The molecular formula is C12H14F3. The van der Waals surface area contributed by atoms with Crippen molar-refractivity contribution in [2.24, 2.45) is 0 Å². The van der Waals surface area contributed by atoms with Crippen LogP contribution in [0.15, 0.2) is 24.3 Å². The topological polar surface area (TPSA) is 0 Å². The SMILES string of the molecule is [CH2]CCCc1ccc(CC(F)(F)F)cc1. The fourth-order valence-electron chi connectivity index (χ4n) is 1.38. The monoisotopic (exact) mass is 215 g/mol. The maximum Gasteiger partial charge on any atom is 0.393 e. The van der Waals surface area contributed by atoms with Crippen LogP contribution in [0, 0.1) is 6.92 Å². The quantitative estimate of drug-likeness (QED) is 0.713. The van der Waals surface area contributed by atoms with Gasteiger partial charge in [0, 0.05) is 0 Å². The van der Waals surface area contributed by atoms with E-state index in [-0.39, 0.29) is 0 Å². The Morgan fingerprint density at radius 2 is 1.53 bits per heavy atom. The van der Waals surface area contributed by atoms with Gasteiger partial charge in [0.2, 0.25) is 0 Å². The zero-order chi connectivity index (χ0) is 11.3. The van der Waals surface area contributed by atoms with E-state index < -0.39 is 12.6 Å². The molecule has 15 heavy (non-hydrogen) atoms. The highest BCUT2D eigenvalue weighted by Crippen LogP contribution is 2.21. The Balaban J connectivity index is 2.56. The lowest BCUT2D eigenvalue weighted by atomic mass is 10.0. The smallest absolute Gasteiger partial charge is 0.171 e. The van der Waals surface area contributed by atoms with Gasteiger partial charge < -0.3 is 0 Å². The van der Waals surface area contributed by atoms with Crippen LogP contribution in [-0.2, 0) is 12.8 Å². The predicted octanol–water partition coefficient (Wildman–Crippen LogP) is 3.95. The normalized spacial score (nSPS) is 11.7. The second-order valence-electron chi connectivity index (χ2n) is 3.57. The number of benzene rings is 1. The average Bonchev–Trinajstić information content (AvgIpc) is 2.14. The van der Waals surface area contributed by atoms with Crippen molar-refractivity contribution in [3.05, 3.63) is 42.3 Å². The third-order valence-corrected chi connectivity index (χ3v) is 2.14. The summed E-state index contributed by atoms with van der Waals surface area (Å²) < 4.78 is 36.1. The summed E-state index contributed by atoms with van der Waals surface area (Å²) in [4.78, 5) is 0. The number of rotatable bonds is 4. The molecule has 0 amide bonds. The molecule has 0 saturated heterocycles. The summed E-state index contributed by atoms with van der Waals surface area (Å²) in [6.45, 7) is 3.72. The number of unbranched alkanes of at least 4 members (excludes halogenated alkanes) is 1. The molecule has 1 aromatic rings. The second-order valence-corrected chi connectivity index (χ2v) is 3.57. The minimum absolute atomic E-state index is 0.320. The Morgan fingerprint density at radius 3 is 2.00 bits per heavy atom. The van der Waals surface area contributed by atoms with Crippen LogP contribution in [0.1, 0.15) is 24.0 Å². The van der Waals surface area contributed by atoms with Crippen LogP contribution in [0.25, 0.3) is 0 Å². The van der Waals surface area contributed by atoms with Crippen LogP contribution >= 0.6 is 0 Å². The molecule has 0 saturated carbocycles. The summed E-state index contributed by atoms with van der Waals surface area (Å²) in [5, 5.41) is 0. The first kappa shape index (κ1) is 12.1. The second kappa shape index (κ2) is 5.19. The number of halogens is 3. The van der Waals surface area contributed by atoms with Crippen molar-refractivity contribution in [3.8, 4) is 0 Å². The standard InChI is InChI=1S/C12H14F3/c1-2-3-4-10-5-7-11(8-6-10)9-12(13,14)15/h5-8H,1-4,9H2. The molecular weight excluding hydrogens is 201 g/mol. The maximum absolute atomic E-state index is 12.0. The van der Waals surface area contributed by atoms with Gasteiger partial charge in [-0.2, -0.15) is 13.2 Å².